The van der Waals surface area contributed by atoms with Crippen molar-refractivity contribution in [1.82, 2.24) is 0 Å². The van der Waals surface area contributed by atoms with Crippen molar-refractivity contribution in [3.63, 3.8) is 0 Å². The maximum absolute atomic E-state index is 11.2. The van der Waals surface area contributed by atoms with Crippen molar-refractivity contribution in [1.29, 1.82) is 0 Å². The van der Waals surface area contributed by atoms with Crippen molar-refractivity contribution in [3.05, 3.63) is 48.6 Å². The molecule has 1 aromatic carbocycles. The van der Waals surface area contributed by atoms with E-state index in [1.54, 1.807) is 0 Å². The minimum atomic E-state index is -0.412. The number of hydrogen-bond acceptors (Lipinski definition) is 3. The Bertz CT molecular complexity index is 545. The standard InChI is InChI=1S/C17H21O3S/c1-13(20-12-17(18)19-3)15-8-4-5-9-16(15)14(2)21-10-6-7-11-21/h4-5,8-9H,1-2,6-7,10-12H2,3H3/q+1. The molecule has 0 spiro atoms. The Kier molecular flexibility index (Phi) is 5.51. The van der Waals surface area contributed by atoms with Crippen LogP contribution in [0.25, 0.3) is 10.7 Å². The van der Waals surface area contributed by atoms with Crippen LogP contribution in [0.2, 0.25) is 0 Å². The van der Waals surface area contributed by atoms with Crippen molar-refractivity contribution in [2.45, 2.75) is 12.8 Å². The van der Waals surface area contributed by atoms with Crippen molar-refractivity contribution in [2.75, 3.05) is 25.2 Å². The minimum Gasteiger partial charge on any atom is -0.482 e. The Labute approximate surface area is 129 Å². The van der Waals surface area contributed by atoms with Gasteiger partial charge in [-0.3, -0.25) is 0 Å². The fourth-order valence-corrected chi connectivity index (χ4v) is 4.60. The molecule has 0 amide bonds. The Hall–Kier alpha value is -1.68. The molecule has 1 fully saturated rings. The van der Waals surface area contributed by atoms with E-state index in [9.17, 15) is 4.79 Å². The normalized spacial score (nSPS) is 14.7. The van der Waals surface area contributed by atoms with Crippen molar-refractivity contribution >= 4 is 27.5 Å². The van der Waals surface area contributed by atoms with Gasteiger partial charge in [0.15, 0.2) is 11.5 Å². The molecular weight excluding hydrogens is 284 g/mol. The third-order valence-electron chi connectivity index (χ3n) is 3.50. The predicted octanol–water partition coefficient (Wildman–Crippen LogP) is 3.23. The van der Waals surface area contributed by atoms with Gasteiger partial charge in [0.25, 0.3) is 0 Å². The molecule has 21 heavy (non-hydrogen) atoms. The number of esters is 1. The summed E-state index contributed by atoms with van der Waals surface area (Å²) in [5, 5.41) is 0. The summed E-state index contributed by atoms with van der Waals surface area (Å²) in [5.41, 5.74) is 1.99. The van der Waals surface area contributed by atoms with Crippen LogP contribution in [0.1, 0.15) is 24.0 Å². The van der Waals surface area contributed by atoms with Gasteiger partial charge >= 0.3 is 5.97 Å². The number of benzene rings is 1. The molecule has 3 nitrogen and oxygen atoms in total. The van der Waals surface area contributed by atoms with Gasteiger partial charge in [0.05, 0.1) is 7.11 Å². The summed E-state index contributed by atoms with van der Waals surface area (Å²) in [6.45, 7) is 8.10. The molecule has 1 aromatic rings. The van der Waals surface area contributed by atoms with E-state index >= 15 is 0 Å². The first-order valence-corrected chi connectivity index (χ1v) is 8.54. The van der Waals surface area contributed by atoms with Crippen LogP contribution < -0.4 is 0 Å². The predicted molar refractivity (Wildman–Crippen MR) is 88.8 cm³/mol. The Balaban J connectivity index is 2.14. The molecule has 0 saturated carbocycles. The van der Waals surface area contributed by atoms with Crippen molar-refractivity contribution in [2.24, 2.45) is 0 Å². The zero-order valence-electron chi connectivity index (χ0n) is 12.4. The van der Waals surface area contributed by atoms with E-state index in [4.69, 9.17) is 4.74 Å². The van der Waals surface area contributed by atoms with E-state index in [1.807, 2.05) is 18.2 Å². The van der Waals surface area contributed by atoms with Crippen LogP contribution in [0.5, 0.6) is 0 Å². The maximum atomic E-state index is 11.2. The molecule has 1 saturated heterocycles. The van der Waals surface area contributed by atoms with E-state index in [2.05, 4.69) is 24.0 Å². The van der Waals surface area contributed by atoms with E-state index < -0.39 is 5.97 Å². The number of carbonyl (C=O) groups excluding carboxylic acids is 1. The lowest BCUT2D eigenvalue weighted by atomic mass is 10.1. The molecule has 0 bridgehead atoms. The third kappa shape index (κ3) is 3.91. The zero-order chi connectivity index (χ0) is 15.2. The van der Waals surface area contributed by atoms with Gasteiger partial charge in [-0.2, -0.15) is 0 Å². The van der Waals surface area contributed by atoms with E-state index in [1.165, 1.54) is 36.4 Å². The van der Waals surface area contributed by atoms with Crippen LogP contribution in [0.3, 0.4) is 0 Å². The lowest BCUT2D eigenvalue weighted by molar-refractivity contribution is -0.143. The van der Waals surface area contributed by atoms with Crippen LogP contribution in [-0.2, 0) is 25.2 Å². The van der Waals surface area contributed by atoms with Gasteiger partial charge in [0, 0.05) is 22.0 Å². The van der Waals surface area contributed by atoms with Crippen LogP contribution in [-0.4, -0.2) is 31.2 Å². The number of carbonyl (C=O) groups is 1. The summed E-state index contributed by atoms with van der Waals surface area (Å²) < 4.78 is 10.0. The Morgan fingerprint density at radius 2 is 1.81 bits per heavy atom. The second kappa shape index (κ2) is 7.36. The molecule has 4 heteroatoms. The maximum Gasteiger partial charge on any atom is 0.343 e. The molecule has 0 aromatic heterocycles. The van der Waals surface area contributed by atoms with Gasteiger partial charge in [0.2, 0.25) is 0 Å². The van der Waals surface area contributed by atoms with Gasteiger partial charge in [-0.1, -0.05) is 24.8 Å². The second-order valence-electron chi connectivity index (χ2n) is 4.86. The number of hydrogen-bond donors (Lipinski definition) is 0. The molecule has 0 radical (unpaired) electrons. The van der Waals surface area contributed by atoms with Gasteiger partial charge < -0.3 is 9.47 Å². The molecular formula is C17H21O3S+. The summed E-state index contributed by atoms with van der Waals surface area (Å²) in [6.07, 6.45) is 2.56. The summed E-state index contributed by atoms with van der Waals surface area (Å²) >= 11 is 0. The topological polar surface area (TPSA) is 35.5 Å². The van der Waals surface area contributed by atoms with Gasteiger partial charge in [-0.25, -0.2) is 4.79 Å². The highest BCUT2D eigenvalue weighted by molar-refractivity contribution is 8.05. The SMILES string of the molecule is C=C(OCC(=O)OC)c1ccccc1C(=C)[S+]1CCCC1. The quantitative estimate of drug-likeness (QED) is 0.460. The summed E-state index contributed by atoms with van der Waals surface area (Å²) in [4.78, 5) is 12.3. The first-order valence-electron chi connectivity index (χ1n) is 6.98. The first kappa shape index (κ1) is 15.7. The lowest BCUT2D eigenvalue weighted by Crippen LogP contribution is -2.11. The van der Waals surface area contributed by atoms with Gasteiger partial charge in [0.1, 0.15) is 17.3 Å². The van der Waals surface area contributed by atoms with E-state index in [0.717, 1.165) is 11.1 Å². The van der Waals surface area contributed by atoms with E-state index in [0.29, 0.717) is 5.76 Å². The third-order valence-corrected chi connectivity index (χ3v) is 5.98. The molecule has 0 N–H and O–H groups in total. The van der Waals surface area contributed by atoms with Crippen molar-refractivity contribution in [3.8, 4) is 0 Å². The Morgan fingerprint density at radius 1 is 1.19 bits per heavy atom. The fourth-order valence-electron chi connectivity index (χ4n) is 2.31. The second-order valence-corrected chi connectivity index (χ2v) is 7.16. The zero-order valence-corrected chi connectivity index (χ0v) is 13.2. The molecule has 2 rings (SSSR count). The monoisotopic (exact) mass is 305 g/mol. The van der Waals surface area contributed by atoms with E-state index in [-0.39, 0.29) is 17.5 Å². The van der Waals surface area contributed by atoms with Gasteiger partial charge in [-0.05, 0) is 25.5 Å². The average Bonchev–Trinajstić information content (AvgIpc) is 3.05. The van der Waals surface area contributed by atoms with Crippen LogP contribution >= 0.6 is 0 Å². The molecule has 0 atom stereocenters. The highest BCUT2D eigenvalue weighted by atomic mass is 32.2. The minimum absolute atomic E-state index is 0.123. The molecule has 1 heterocycles. The van der Waals surface area contributed by atoms with Crippen LogP contribution in [0, 0.1) is 0 Å². The fraction of sp³-hybridized carbons (Fsp3) is 0.353. The molecule has 1 aliphatic heterocycles. The largest absolute Gasteiger partial charge is 0.482 e. The first-order chi connectivity index (χ1) is 10.1. The van der Waals surface area contributed by atoms with Crippen LogP contribution in [0.4, 0.5) is 0 Å². The molecule has 0 aliphatic carbocycles. The highest BCUT2D eigenvalue weighted by Gasteiger charge is 2.30. The molecule has 112 valence electrons. The highest BCUT2D eigenvalue weighted by Crippen LogP contribution is 2.32. The average molecular weight is 305 g/mol. The summed E-state index contributed by atoms with van der Waals surface area (Å²) in [6, 6.07) is 7.95. The molecule has 0 unspecified atom stereocenters. The number of rotatable bonds is 6. The van der Waals surface area contributed by atoms with Crippen LogP contribution in [0.15, 0.2) is 37.4 Å². The number of ether oxygens (including phenoxy) is 2. The van der Waals surface area contributed by atoms with Gasteiger partial charge in [-0.15, -0.1) is 0 Å². The lowest BCUT2D eigenvalue weighted by Gasteiger charge is -2.13. The smallest absolute Gasteiger partial charge is 0.343 e. The summed E-state index contributed by atoms with van der Waals surface area (Å²) in [7, 11) is 1.59. The van der Waals surface area contributed by atoms with Crippen molar-refractivity contribution < 1.29 is 14.3 Å². The summed E-state index contributed by atoms with van der Waals surface area (Å²) in [5.74, 6) is 2.52. The Morgan fingerprint density at radius 3 is 2.43 bits per heavy atom. The number of methoxy groups -OCH3 is 1. The molecule has 1 aliphatic rings.